The van der Waals surface area contributed by atoms with Crippen LogP contribution in [0.25, 0.3) is 0 Å². The highest BCUT2D eigenvalue weighted by molar-refractivity contribution is 5.03. The SMILES string of the molecule is C1=CC2COCC2C1. The van der Waals surface area contributed by atoms with E-state index < -0.39 is 0 Å². The Labute approximate surface area is 49.3 Å². The molecule has 0 bridgehead atoms. The summed E-state index contributed by atoms with van der Waals surface area (Å²) in [5.41, 5.74) is 0. The van der Waals surface area contributed by atoms with Gasteiger partial charge < -0.3 is 4.74 Å². The highest BCUT2D eigenvalue weighted by Crippen LogP contribution is 2.30. The van der Waals surface area contributed by atoms with Crippen LogP contribution >= 0.6 is 0 Å². The van der Waals surface area contributed by atoms with Gasteiger partial charge in [0.05, 0.1) is 13.2 Å². The largest absolute Gasteiger partial charge is 0.381 e. The van der Waals surface area contributed by atoms with Crippen LogP contribution in [0.5, 0.6) is 0 Å². The van der Waals surface area contributed by atoms with E-state index >= 15 is 0 Å². The number of fused-ring (bicyclic) bond motifs is 1. The van der Waals surface area contributed by atoms with Gasteiger partial charge in [0.1, 0.15) is 0 Å². The van der Waals surface area contributed by atoms with Gasteiger partial charge in [-0.05, 0) is 12.3 Å². The molecule has 0 amide bonds. The smallest absolute Gasteiger partial charge is 0.0532 e. The lowest BCUT2D eigenvalue weighted by Gasteiger charge is -2.01. The lowest BCUT2D eigenvalue weighted by Crippen LogP contribution is -2.02. The third kappa shape index (κ3) is 0.511. The van der Waals surface area contributed by atoms with Gasteiger partial charge >= 0.3 is 0 Å². The van der Waals surface area contributed by atoms with Crippen molar-refractivity contribution in [2.75, 3.05) is 13.2 Å². The lowest BCUT2D eigenvalue weighted by molar-refractivity contribution is 0.182. The summed E-state index contributed by atoms with van der Waals surface area (Å²) in [6.07, 6.45) is 5.82. The van der Waals surface area contributed by atoms with Crippen molar-refractivity contribution in [2.45, 2.75) is 6.42 Å². The Bertz CT molecular complexity index is 118. The second kappa shape index (κ2) is 1.59. The second-order valence-corrected chi connectivity index (χ2v) is 2.63. The molecule has 0 aromatic heterocycles. The van der Waals surface area contributed by atoms with Crippen LogP contribution in [0.4, 0.5) is 0 Å². The molecule has 2 atom stereocenters. The zero-order valence-corrected chi connectivity index (χ0v) is 4.84. The molecule has 2 unspecified atom stereocenters. The van der Waals surface area contributed by atoms with Crippen LogP contribution in [-0.4, -0.2) is 13.2 Å². The third-order valence-corrected chi connectivity index (χ3v) is 2.07. The summed E-state index contributed by atoms with van der Waals surface area (Å²) in [6, 6.07) is 0. The molecule has 1 fully saturated rings. The lowest BCUT2D eigenvalue weighted by atomic mass is 10.0. The average Bonchev–Trinajstić information content (AvgIpc) is 2.15. The van der Waals surface area contributed by atoms with Gasteiger partial charge in [0, 0.05) is 5.92 Å². The predicted octanol–water partition coefficient (Wildman–Crippen LogP) is 1.21. The summed E-state index contributed by atoms with van der Waals surface area (Å²) < 4.78 is 5.26. The van der Waals surface area contributed by atoms with Crippen molar-refractivity contribution < 1.29 is 4.74 Å². The fourth-order valence-corrected chi connectivity index (χ4v) is 1.50. The fourth-order valence-electron chi connectivity index (χ4n) is 1.50. The van der Waals surface area contributed by atoms with Gasteiger partial charge in [-0.1, -0.05) is 12.2 Å². The summed E-state index contributed by atoms with van der Waals surface area (Å²) in [4.78, 5) is 0. The fraction of sp³-hybridized carbons (Fsp3) is 0.714. The first-order chi connectivity index (χ1) is 3.97. The van der Waals surface area contributed by atoms with Gasteiger partial charge in [0.25, 0.3) is 0 Å². The Kier molecular flexibility index (Phi) is 0.908. The standard InChI is InChI=1S/C7H10O/c1-2-6-4-8-5-7(6)3-1/h1-2,6-7H,3-5H2. The Balaban J connectivity index is 2.13. The molecule has 1 nitrogen and oxygen atoms in total. The van der Waals surface area contributed by atoms with E-state index in [4.69, 9.17) is 4.74 Å². The molecule has 0 aromatic carbocycles. The number of rotatable bonds is 0. The van der Waals surface area contributed by atoms with Crippen molar-refractivity contribution in [3.63, 3.8) is 0 Å². The molecule has 1 saturated heterocycles. The molecule has 0 aromatic rings. The maximum absolute atomic E-state index is 5.26. The van der Waals surface area contributed by atoms with Gasteiger partial charge in [0.2, 0.25) is 0 Å². The molecule has 0 spiro atoms. The van der Waals surface area contributed by atoms with Gasteiger partial charge in [-0.2, -0.15) is 0 Å². The Morgan fingerprint density at radius 2 is 2.38 bits per heavy atom. The quantitative estimate of drug-likeness (QED) is 0.426. The minimum Gasteiger partial charge on any atom is -0.381 e. The van der Waals surface area contributed by atoms with Crippen LogP contribution in [0, 0.1) is 11.8 Å². The van der Waals surface area contributed by atoms with Crippen molar-refractivity contribution in [3.05, 3.63) is 12.2 Å². The average molecular weight is 110 g/mol. The number of allylic oxidation sites excluding steroid dienone is 1. The first kappa shape index (κ1) is 4.57. The monoisotopic (exact) mass is 110 g/mol. The first-order valence-electron chi connectivity index (χ1n) is 3.21. The van der Waals surface area contributed by atoms with Crippen LogP contribution in [0.3, 0.4) is 0 Å². The van der Waals surface area contributed by atoms with Crippen molar-refractivity contribution in [3.8, 4) is 0 Å². The van der Waals surface area contributed by atoms with E-state index in [1.807, 2.05) is 0 Å². The van der Waals surface area contributed by atoms with E-state index in [0.717, 1.165) is 25.0 Å². The molecular formula is C7H10O. The molecule has 0 radical (unpaired) electrons. The highest BCUT2D eigenvalue weighted by atomic mass is 16.5. The summed E-state index contributed by atoms with van der Waals surface area (Å²) in [5.74, 6) is 1.62. The van der Waals surface area contributed by atoms with Crippen LogP contribution in [0.1, 0.15) is 6.42 Å². The molecule has 44 valence electrons. The molecule has 1 heteroatoms. The van der Waals surface area contributed by atoms with Crippen molar-refractivity contribution in [1.82, 2.24) is 0 Å². The summed E-state index contributed by atoms with van der Waals surface area (Å²) in [6.45, 7) is 1.97. The molecule has 2 aliphatic rings. The van der Waals surface area contributed by atoms with Crippen molar-refractivity contribution in [2.24, 2.45) is 11.8 Å². The van der Waals surface area contributed by atoms with E-state index in [1.165, 1.54) is 6.42 Å². The van der Waals surface area contributed by atoms with Crippen LogP contribution < -0.4 is 0 Å². The van der Waals surface area contributed by atoms with Crippen LogP contribution in [0.2, 0.25) is 0 Å². The summed E-state index contributed by atoms with van der Waals surface area (Å²) in [5, 5.41) is 0. The number of hydrogen-bond acceptors (Lipinski definition) is 1. The zero-order valence-electron chi connectivity index (χ0n) is 4.84. The minimum absolute atomic E-state index is 0.773. The van der Waals surface area contributed by atoms with Crippen molar-refractivity contribution in [1.29, 1.82) is 0 Å². The Hall–Kier alpha value is -0.300. The van der Waals surface area contributed by atoms with Crippen LogP contribution in [0.15, 0.2) is 12.2 Å². The second-order valence-electron chi connectivity index (χ2n) is 2.63. The number of ether oxygens (including phenoxy) is 1. The first-order valence-corrected chi connectivity index (χ1v) is 3.21. The van der Waals surface area contributed by atoms with Gasteiger partial charge in [0.15, 0.2) is 0 Å². The molecule has 1 aliphatic carbocycles. The minimum atomic E-state index is 0.773. The molecule has 0 saturated carbocycles. The molecule has 8 heavy (non-hydrogen) atoms. The van der Waals surface area contributed by atoms with Gasteiger partial charge in [-0.3, -0.25) is 0 Å². The summed E-state index contributed by atoms with van der Waals surface area (Å²) >= 11 is 0. The van der Waals surface area contributed by atoms with E-state index in [-0.39, 0.29) is 0 Å². The maximum atomic E-state index is 5.26. The third-order valence-electron chi connectivity index (χ3n) is 2.07. The maximum Gasteiger partial charge on any atom is 0.0532 e. The van der Waals surface area contributed by atoms with Gasteiger partial charge in [-0.25, -0.2) is 0 Å². The van der Waals surface area contributed by atoms with Gasteiger partial charge in [-0.15, -0.1) is 0 Å². The zero-order chi connectivity index (χ0) is 5.40. The molecular weight excluding hydrogens is 100 g/mol. The van der Waals surface area contributed by atoms with E-state index in [9.17, 15) is 0 Å². The Morgan fingerprint density at radius 1 is 1.38 bits per heavy atom. The molecule has 2 rings (SSSR count). The van der Waals surface area contributed by atoms with E-state index in [0.29, 0.717) is 0 Å². The normalized spacial score (nSPS) is 43.0. The van der Waals surface area contributed by atoms with E-state index in [1.54, 1.807) is 0 Å². The van der Waals surface area contributed by atoms with E-state index in [2.05, 4.69) is 12.2 Å². The Morgan fingerprint density at radius 3 is 3.25 bits per heavy atom. The molecule has 0 N–H and O–H groups in total. The molecule has 1 heterocycles. The topological polar surface area (TPSA) is 9.23 Å². The predicted molar refractivity (Wildman–Crippen MR) is 31.6 cm³/mol. The van der Waals surface area contributed by atoms with Crippen LogP contribution in [-0.2, 0) is 4.74 Å². The number of hydrogen-bond donors (Lipinski definition) is 0. The molecule has 1 aliphatic heterocycles. The summed E-state index contributed by atoms with van der Waals surface area (Å²) in [7, 11) is 0. The highest BCUT2D eigenvalue weighted by Gasteiger charge is 2.27. The van der Waals surface area contributed by atoms with Crippen molar-refractivity contribution >= 4 is 0 Å².